The quantitative estimate of drug-likeness (QED) is 0.852. The number of primary amides is 1. The average molecular weight is 261 g/mol. The second kappa shape index (κ2) is 5.26. The first-order chi connectivity index (χ1) is 8.25. The number of likely N-dealkylation sites (N-methyl/N-ethyl adjacent to an activating group) is 1. The van der Waals surface area contributed by atoms with Crippen LogP contribution in [0.4, 0.5) is 18.9 Å². The summed E-state index contributed by atoms with van der Waals surface area (Å²) in [6.07, 6.45) is -4.51. The molecule has 0 aliphatic rings. The van der Waals surface area contributed by atoms with Crippen LogP contribution in [0.15, 0.2) is 18.2 Å². The third-order valence-corrected chi connectivity index (χ3v) is 2.41. The van der Waals surface area contributed by atoms with Gasteiger partial charge < -0.3 is 16.4 Å². The number of alkyl halides is 3. The first-order valence-electron chi connectivity index (χ1n) is 5.15. The normalized spacial score (nSPS) is 11.4. The Bertz CT molecular complexity index is 446. The summed E-state index contributed by atoms with van der Waals surface area (Å²) in [5.74, 6) is -0.700. The summed E-state index contributed by atoms with van der Waals surface area (Å²) in [4.78, 5) is 11.9. The van der Waals surface area contributed by atoms with Gasteiger partial charge in [0.2, 0.25) is 5.91 Å². The monoisotopic (exact) mass is 261 g/mol. The highest BCUT2D eigenvalue weighted by Crippen LogP contribution is 2.36. The van der Waals surface area contributed by atoms with E-state index >= 15 is 0 Å². The van der Waals surface area contributed by atoms with Crippen molar-refractivity contribution in [2.45, 2.75) is 12.7 Å². The lowest BCUT2D eigenvalue weighted by Crippen LogP contribution is -2.32. The Morgan fingerprint density at radius 2 is 2.00 bits per heavy atom. The van der Waals surface area contributed by atoms with E-state index in [-0.39, 0.29) is 18.8 Å². The lowest BCUT2D eigenvalue weighted by Gasteiger charge is -2.22. The van der Waals surface area contributed by atoms with Crippen LogP contribution in [0.5, 0.6) is 0 Å². The lowest BCUT2D eigenvalue weighted by molar-refractivity contribution is -0.137. The van der Waals surface area contributed by atoms with Crippen LogP contribution >= 0.6 is 0 Å². The molecule has 4 N–H and O–H groups in total. The van der Waals surface area contributed by atoms with Crippen molar-refractivity contribution in [2.24, 2.45) is 11.5 Å². The number of nitrogens with zero attached hydrogens (tertiary/aromatic N) is 1. The van der Waals surface area contributed by atoms with Crippen LogP contribution in [-0.4, -0.2) is 19.5 Å². The fourth-order valence-electron chi connectivity index (χ4n) is 1.59. The molecule has 0 fully saturated rings. The van der Waals surface area contributed by atoms with Crippen molar-refractivity contribution in [3.05, 3.63) is 29.3 Å². The highest BCUT2D eigenvalue weighted by molar-refractivity contribution is 5.79. The van der Waals surface area contributed by atoms with Crippen molar-refractivity contribution < 1.29 is 18.0 Å². The Morgan fingerprint density at radius 3 is 2.44 bits per heavy atom. The zero-order valence-electron chi connectivity index (χ0n) is 9.79. The first kappa shape index (κ1) is 14.3. The van der Waals surface area contributed by atoms with E-state index in [2.05, 4.69) is 0 Å². The summed E-state index contributed by atoms with van der Waals surface area (Å²) in [7, 11) is 1.37. The minimum absolute atomic E-state index is 0.0168. The molecule has 0 atom stereocenters. The summed E-state index contributed by atoms with van der Waals surface area (Å²) >= 11 is 0. The molecule has 0 spiro atoms. The number of amides is 1. The molecule has 0 aliphatic carbocycles. The van der Waals surface area contributed by atoms with E-state index in [0.717, 1.165) is 11.0 Å². The molecule has 7 heteroatoms. The van der Waals surface area contributed by atoms with E-state index in [1.165, 1.54) is 19.2 Å². The van der Waals surface area contributed by atoms with E-state index in [1.54, 1.807) is 0 Å². The molecule has 4 nitrogen and oxygen atoms in total. The maximum atomic E-state index is 12.9. The maximum Gasteiger partial charge on any atom is 0.418 e. The first-order valence-corrected chi connectivity index (χ1v) is 5.15. The van der Waals surface area contributed by atoms with Gasteiger partial charge in [0, 0.05) is 19.3 Å². The van der Waals surface area contributed by atoms with Crippen LogP contribution in [0.2, 0.25) is 0 Å². The molecule has 0 heterocycles. The minimum atomic E-state index is -4.51. The predicted octanol–water partition coefficient (Wildman–Crippen LogP) is 1.09. The van der Waals surface area contributed by atoms with E-state index in [0.29, 0.717) is 5.56 Å². The lowest BCUT2D eigenvalue weighted by atomic mass is 10.1. The fourth-order valence-corrected chi connectivity index (χ4v) is 1.59. The second-order valence-corrected chi connectivity index (χ2v) is 3.88. The summed E-state index contributed by atoms with van der Waals surface area (Å²) in [6.45, 7) is -0.270. The number of rotatable bonds is 4. The SMILES string of the molecule is CN(CC(N)=O)c1ccc(CN)cc1C(F)(F)F. The van der Waals surface area contributed by atoms with Gasteiger partial charge in [0.25, 0.3) is 0 Å². The van der Waals surface area contributed by atoms with Gasteiger partial charge in [0.1, 0.15) is 0 Å². The number of benzene rings is 1. The van der Waals surface area contributed by atoms with Crippen molar-refractivity contribution >= 4 is 11.6 Å². The highest BCUT2D eigenvalue weighted by Gasteiger charge is 2.34. The molecule has 18 heavy (non-hydrogen) atoms. The van der Waals surface area contributed by atoms with Crippen LogP contribution < -0.4 is 16.4 Å². The Kier molecular flexibility index (Phi) is 4.18. The van der Waals surface area contributed by atoms with E-state index in [1.807, 2.05) is 0 Å². The topological polar surface area (TPSA) is 72.3 Å². The van der Waals surface area contributed by atoms with Gasteiger partial charge in [0.15, 0.2) is 0 Å². The Morgan fingerprint density at radius 1 is 1.39 bits per heavy atom. The molecule has 0 saturated carbocycles. The van der Waals surface area contributed by atoms with Crippen LogP contribution in [0.3, 0.4) is 0 Å². The van der Waals surface area contributed by atoms with E-state index < -0.39 is 17.6 Å². The molecular formula is C11H14F3N3O. The number of anilines is 1. The van der Waals surface area contributed by atoms with Crippen molar-refractivity contribution in [3.63, 3.8) is 0 Å². The number of nitrogens with two attached hydrogens (primary N) is 2. The minimum Gasteiger partial charge on any atom is -0.368 e. The van der Waals surface area contributed by atoms with Gasteiger partial charge in [-0.3, -0.25) is 4.79 Å². The van der Waals surface area contributed by atoms with Crippen LogP contribution in [0, 0.1) is 0 Å². The standard InChI is InChI=1S/C11H14F3N3O/c1-17(6-10(16)18)9-3-2-7(5-15)4-8(9)11(12,13)14/h2-4H,5-6,15H2,1H3,(H2,16,18). The number of carbonyl (C=O) groups is 1. The molecule has 1 aromatic carbocycles. The highest BCUT2D eigenvalue weighted by atomic mass is 19.4. The van der Waals surface area contributed by atoms with Crippen molar-refractivity contribution in [1.29, 1.82) is 0 Å². The van der Waals surface area contributed by atoms with Gasteiger partial charge in [-0.1, -0.05) is 6.07 Å². The van der Waals surface area contributed by atoms with Gasteiger partial charge in [-0.05, 0) is 17.7 Å². The van der Waals surface area contributed by atoms with Crippen molar-refractivity contribution in [1.82, 2.24) is 0 Å². The molecule has 0 unspecified atom stereocenters. The zero-order chi connectivity index (χ0) is 13.9. The Labute approximate surface area is 102 Å². The molecule has 0 saturated heterocycles. The van der Waals surface area contributed by atoms with Gasteiger partial charge >= 0.3 is 6.18 Å². The van der Waals surface area contributed by atoms with E-state index in [4.69, 9.17) is 11.5 Å². The van der Waals surface area contributed by atoms with Crippen molar-refractivity contribution in [3.8, 4) is 0 Å². The molecule has 0 aliphatic heterocycles. The maximum absolute atomic E-state index is 12.9. The Hall–Kier alpha value is -1.76. The fraction of sp³-hybridized carbons (Fsp3) is 0.364. The van der Waals surface area contributed by atoms with Crippen LogP contribution in [0.1, 0.15) is 11.1 Å². The van der Waals surface area contributed by atoms with Crippen molar-refractivity contribution in [2.75, 3.05) is 18.5 Å². The number of hydrogen-bond acceptors (Lipinski definition) is 3. The number of hydrogen-bond donors (Lipinski definition) is 2. The number of halogens is 3. The smallest absolute Gasteiger partial charge is 0.368 e. The number of carbonyl (C=O) groups excluding carboxylic acids is 1. The third kappa shape index (κ3) is 3.36. The predicted molar refractivity (Wildman–Crippen MR) is 61.8 cm³/mol. The van der Waals surface area contributed by atoms with Gasteiger partial charge in [-0.2, -0.15) is 13.2 Å². The molecule has 0 aromatic heterocycles. The second-order valence-electron chi connectivity index (χ2n) is 3.88. The average Bonchev–Trinajstić information content (AvgIpc) is 2.26. The third-order valence-electron chi connectivity index (χ3n) is 2.41. The summed E-state index contributed by atoms with van der Waals surface area (Å²) in [6, 6.07) is 3.75. The van der Waals surface area contributed by atoms with Crippen LogP contribution in [-0.2, 0) is 17.5 Å². The molecule has 1 aromatic rings. The van der Waals surface area contributed by atoms with E-state index in [9.17, 15) is 18.0 Å². The molecular weight excluding hydrogens is 247 g/mol. The Balaban J connectivity index is 3.22. The van der Waals surface area contributed by atoms with Gasteiger partial charge in [0.05, 0.1) is 12.1 Å². The summed E-state index contributed by atoms with van der Waals surface area (Å²) in [5, 5.41) is 0. The molecule has 1 rings (SSSR count). The molecule has 0 radical (unpaired) electrons. The largest absolute Gasteiger partial charge is 0.418 e. The summed E-state index contributed by atoms with van der Waals surface area (Å²) in [5.41, 5.74) is 9.73. The molecule has 100 valence electrons. The zero-order valence-corrected chi connectivity index (χ0v) is 9.79. The van der Waals surface area contributed by atoms with Gasteiger partial charge in [-0.25, -0.2) is 0 Å². The molecule has 1 amide bonds. The van der Waals surface area contributed by atoms with Gasteiger partial charge in [-0.15, -0.1) is 0 Å². The van der Waals surface area contributed by atoms with Crippen LogP contribution in [0.25, 0.3) is 0 Å². The molecule has 0 bridgehead atoms. The summed E-state index contributed by atoms with van der Waals surface area (Å²) < 4.78 is 38.6.